The Morgan fingerprint density at radius 3 is 2.50 bits per heavy atom. The summed E-state index contributed by atoms with van der Waals surface area (Å²) in [5, 5.41) is 0. The van der Waals surface area contributed by atoms with Crippen LogP contribution in [0.25, 0.3) is 0 Å². The van der Waals surface area contributed by atoms with Crippen LogP contribution >= 0.6 is 11.8 Å². The van der Waals surface area contributed by atoms with E-state index in [0.717, 1.165) is 0 Å². The van der Waals surface area contributed by atoms with Gasteiger partial charge in [-0.1, -0.05) is 32.6 Å². The molecule has 1 rings (SSSR count). The van der Waals surface area contributed by atoms with Crippen LogP contribution in [0.4, 0.5) is 0 Å². The second-order valence-electron chi connectivity index (χ2n) is 4.13. The van der Waals surface area contributed by atoms with Crippen molar-refractivity contribution in [2.75, 3.05) is 11.5 Å². The monoisotopic (exact) mass is 237 g/mol. The lowest BCUT2D eigenvalue weighted by molar-refractivity contribution is 0.659. The van der Waals surface area contributed by atoms with E-state index in [1.165, 1.54) is 55.6 Å². The first kappa shape index (κ1) is 13.6. The molecule has 0 radical (unpaired) electrons. The molecule has 1 aromatic rings. The number of pyridine rings is 1. The Morgan fingerprint density at radius 2 is 1.75 bits per heavy atom. The van der Waals surface area contributed by atoms with E-state index in [9.17, 15) is 0 Å². The minimum Gasteiger partial charge on any atom is -0.265 e. The molecule has 0 aliphatic rings. The summed E-state index contributed by atoms with van der Waals surface area (Å²) in [4.78, 5) is 4.02. The molecule has 0 fully saturated rings. The van der Waals surface area contributed by atoms with Gasteiger partial charge in [-0.2, -0.15) is 11.8 Å². The van der Waals surface area contributed by atoms with E-state index in [1.807, 2.05) is 12.4 Å². The number of thioether (sulfide) groups is 1. The number of aromatic nitrogens is 1. The first-order chi connectivity index (χ1) is 7.93. The first-order valence-corrected chi connectivity index (χ1v) is 7.55. The van der Waals surface area contributed by atoms with E-state index in [2.05, 4.69) is 35.8 Å². The number of unbranched alkanes of at least 4 members (excludes halogenated alkanes) is 4. The van der Waals surface area contributed by atoms with Crippen molar-refractivity contribution in [3.8, 4) is 0 Å². The van der Waals surface area contributed by atoms with Crippen LogP contribution < -0.4 is 0 Å². The first-order valence-electron chi connectivity index (χ1n) is 6.40. The summed E-state index contributed by atoms with van der Waals surface area (Å²) in [7, 11) is 0. The van der Waals surface area contributed by atoms with Crippen LogP contribution in [0.5, 0.6) is 0 Å². The molecule has 0 aromatic carbocycles. The molecule has 0 saturated heterocycles. The van der Waals surface area contributed by atoms with Crippen LogP contribution in [0.2, 0.25) is 0 Å². The third kappa shape index (κ3) is 6.89. The Morgan fingerprint density at radius 1 is 1.00 bits per heavy atom. The molecule has 0 N–H and O–H groups in total. The zero-order valence-corrected chi connectivity index (χ0v) is 11.1. The topological polar surface area (TPSA) is 12.9 Å². The highest BCUT2D eigenvalue weighted by atomic mass is 32.2. The Bertz CT molecular complexity index is 248. The molecular formula is C14H23NS. The maximum atomic E-state index is 4.02. The van der Waals surface area contributed by atoms with Crippen LogP contribution in [0.1, 0.15) is 44.6 Å². The van der Waals surface area contributed by atoms with Crippen LogP contribution in [0.3, 0.4) is 0 Å². The molecule has 0 spiro atoms. The maximum absolute atomic E-state index is 4.02. The van der Waals surface area contributed by atoms with E-state index >= 15 is 0 Å². The second kappa shape index (κ2) is 9.71. The highest BCUT2D eigenvalue weighted by molar-refractivity contribution is 7.99. The average molecular weight is 237 g/mol. The number of aryl methyl sites for hydroxylation is 1. The molecule has 90 valence electrons. The summed E-state index contributed by atoms with van der Waals surface area (Å²) >= 11 is 2.09. The summed E-state index contributed by atoms with van der Waals surface area (Å²) in [6, 6.07) is 4.23. The number of hydrogen-bond donors (Lipinski definition) is 0. The fraction of sp³-hybridized carbons (Fsp3) is 0.643. The van der Waals surface area contributed by atoms with Gasteiger partial charge in [0.2, 0.25) is 0 Å². The minimum atomic E-state index is 1.18. The largest absolute Gasteiger partial charge is 0.265 e. The summed E-state index contributed by atoms with van der Waals surface area (Å²) < 4.78 is 0. The van der Waals surface area contributed by atoms with Gasteiger partial charge in [-0.15, -0.1) is 0 Å². The minimum absolute atomic E-state index is 1.18. The molecule has 16 heavy (non-hydrogen) atoms. The third-order valence-electron chi connectivity index (χ3n) is 2.68. The maximum Gasteiger partial charge on any atom is 0.0270 e. The molecule has 0 bridgehead atoms. The molecule has 0 unspecified atom stereocenters. The molecule has 2 heteroatoms. The molecule has 0 aliphatic heterocycles. The van der Waals surface area contributed by atoms with E-state index in [0.29, 0.717) is 0 Å². The van der Waals surface area contributed by atoms with Gasteiger partial charge < -0.3 is 0 Å². The van der Waals surface area contributed by atoms with Gasteiger partial charge in [-0.05, 0) is 42.0 Å². The zero-order chi connectivity index (χ0) is 11.5. The van der Waals surface area contributed by atoms with Crippen LogP contribution in [0, 0.1) is 0 Å². The predicted molar refractivity (Wildman–Crippen MR) is 74.0 cm³/mol. The molecule has 1 aromatic heterocycles. The summed E-state index contributed by atoms with van der Waals surface area (Å²) in [6.45, 7) is 2.27. The van der Waals surface area contributed by atoms with Gasteiger partial charge in [0.05, 0.1) is 0 Å². The highest BCUT2D eigenvalue weighted by Crippen LogP contribution is 2.10. The van der Waals surface area contributed by atoms with Crippen molar-refractivity contribution in [2.45, 2.75) is 45.4 Å². The lowest BCUT2D eigenvalue weighted by atomic mass is 10.2. The van der Waals surface area contributed by atoms with Gasteiger partial charge in [0.25, 0.3) is 0 Å². The van der Waals surface area contributed by atoms with E-state index in [4.69, 9.17) is 0 Å². The summed E-state index contributed by atoms with van der Waals surface area (Å²) in [6.07, 6.45) is 11.9. The SMILES string of the molecule is CCCCCCCSCCc1ccncc1. The van der Waals surface area contributed by atoms with Crippen molar-refractivity contribution < 1.29 is 0 Å². The predicted octanol–water partition coefficient (Wildman–Crippen LogP) is 4.33. The number of nitrogens with zero attached hydrogens (tertiary/aromatic N) is 1. The molecule has 0 saturated carbocycles. The van der Waals surface area contributed by atoms with Crippen molar-refractivity contribution in [1.29, 1.82) is 0 Å². The van der Waals surface area contributed by atoms with Gasteiger partial charge in [-0.3, -0.25) is 4.98 Å². The average Bonchev–Trinajstić information content (AvgIpc) is 2.34. The van der Waals surface area contributed by atoms with Crippen LogP contribution in [-0.4, -0.2) is 16.5 Å². The van der Waals surface area contributed by atoms with E-state index in [-0.39, 0.29) is 0 Å². The Kier molecular flexibility index (Phi) is 8.23. The third-order valence-corrected chi connectivity index (χ3v) is 3.75. The molecule has 0 aliphatic carbocycles. The smallest absolute Gasteiger partial charge is 0.0270 e. The fourth-order valence-electron chi connectivity index (χ4n) is 1.65. The van der Waals surface area contributed by atoms with Crippen molar-refractivity contribution in [3.05, 3.63) is 30.1 Å². The fourth-order valence-corrected chi connectivity index (χ4v) is 2.64. The Hall–Kier alpha value is -0.500. The summed E-state index contributed by atoms with van der Waals surface area (Å²) in [5.41, 5.74) is 1.41. The normalized spacial score (nSPS) is 10.6. The van der Waals surface area contributed by atoms with Gasteiger partial charge in [0.15, 0.2) is 0 Å². The van der Waals surface area contributed by atoms with Crippen molar-refractivity contribution in [1.82, 2.24) is 4.98 Å². The van der Waals surface area contributed by atoms with Crippen molar-refractivity contribution in [3.63, 3.8) is 0 Å². The highest BCUT2D eigenvalue weighted by Gasteiger charge is 1.93. The molecular weight excluding hydrogens is 214 g/mol. The summed E-state index contributed by atoms with van der Waals surface area (Å²) in [5.74, 6) is 2.58. The van der Waals surface area contributed by atoms with E-state index < -0.39 is 0 Å². The molecule has 1 nitrogen and oxygen atoms in total. The molecule has 0 amide bonds. The number of hydrogen-bond acceptors (Lipinski definition) is 2. The van der Waals surface area contributed by atoms with Crippen molar-refractivity contribution >= 4 is 11.8 Å². The van der Waals surface area contributed by atoms with E-state index in [1.54, 1.807) is 0 Å². The Labute approximate surface area is 104 Å². The lowest BCUT2D eigenvalue weighted by Gasteiger charge is -2.02. The zero-order valence-electron chi connectivity index (χ0n) is 10.3. The number of rotatable bonds is 9. The molecule has 0 atom stereocenters. The lowest BCUT2D eigenvalue weighted by Crippen LogP contribution is -1.90. The van der Waals surface area contributed by atoms with Gasteiger partial charge >= 0.3 is 0 Å². The van der Waals surface area contributed by atoms with Crippen LogP contribution in [-0.2, 0) is 6.42 Å². The standard InChI is InChI=1S/C14H23NS/c1-2-3-4-5-6-12-16-13-9-14-7-10-15-11-8-14/h7-8,10-11H,2-6,9,12-13H2,1H3. The van der Waals surface area contributed by atoms with Gasteiger partial charge in [0, 0.05) is 12.4 Å². The van der Waals surface area contributed by atoms with Crippen LogP contribution in [0.15, 0.2) is 24.5 Å². The van der Waals surface area contributed by atoms with Crippen molar-refractivity contribution in [2.24, 2.45) is 0 Å². The molecule has 1 heterocycles. The second-order valence-corrected chi connectivity index (χ2v) is 5.36. The van der Waals surface area contributed by atoms with Gasteiger partial charge in [0.1, 0.15) is 0 Å². The quantitative estimate of drug-likeness (QED) is 0.593. The Balaban J connectivity index is 1.89. The van der Waals surface area contributed by atoms with Gasteiger partial charge in [-0.25, -0.2) is 0 Å².